The number of piperidine rings is 1. The number of morpholine rings is 1. The molecule has 15 heteroatoms. The molecule has 1 aromatic heterocycles. The average molecular weight is 733 g/mol. The molecule has 0 radical (unpaired) electrons. The minimum absolute atomic E-state index is 0.131. The first-order valence-corrected chi connectivity index (χ1v) is 19.5. The van der Waals surface area contributed by atoms with Crippen LogP contribution in [0.15, 0.2) is 54.6 Å². The van der Waals surface area contributed by atoms with Gasteiger partial charge in [-0.1, -0.05) is 43.3 Å². The van der Waals surface area contributed by atoms with Crippen molar-refractivity contribution in [2.24, 2.45) is 5.92 Å². The van der Waals surface area contributed by atoms with Crippen molar-refractivity contribution in [3.63, 3.8) is 0 Å². The number of thiophene rings is 1. The molecule has 6 rings (SSSR count). The van der Waals surface area contributed by atoms with Gasteiger partial charge in [0.2, 0.25) is 11.8 Å². The topological polar surface area (TPSA) is 140 Å². The van der Waals surface area contributed by atoms with Gasteiger partial charge in [0.1, 0.15) is 18.2 Å². The van der Waals surface area contributed by atoms with Gasteiger partial charge in [-0.25, -0.2) is 0 Å². The van der Waals surface area contributed by atoms with Crippen molar-refractivity contribution in [1.29, 1.82) is 0 Å². The predicted molar refractivity (Wildman–Crippen MR) is 185 cm³/mol. The predicted octanol–water partition coefficient (Wildman–Crippen LogP) is 4.94. The summed E-state index contributed by atoms with van der Waals surface area (Å²) in [7, 11) is -5.77. The van der Waals surface area contributed by atoms with Gasteiger partial charge in [0.05, 0.1) is 18.0 Å². The van der Waals surface area contributed by atoms with Crippen LogP contribution in [0.25, 0.3) is 10.1 Å². The Hall–Kier alpha value is -3.26. The molecule has 4 heterocycles. The number of fused-ring (bicyclic) bond motifs is 1. The van der Waals surface area contributed by atoms with Crippen molar-refractivity contribution in [2.45, 2.75) is 62.9 Å². The fourth-order valence-electron chi connectivity index (χ4n) is 7.25. The molecule has 0 saturated carbocycles. The lowest BCUT2D eigenvalue weighted by Gasteiger charge is -2.37. The van der Waals surface area contributed by atoms with E-state index < -0.39 is 36.8 Å². The normalized spacial score (nSPS) is 21.8. The largest absolute Gasteiger partial charge is 0.399 e. The van der Waals surface area contributed by atoms with E-state index >= 15 is 0 Å². The number of nitrogens with one attached hydrogen (secondary N) is 1. The van der Waals surface area contributed by atoms with Crippen LogP contribution in [0.5, 0.6) is 0 Å². The Morgan fingerprint density at radius 1 is 1.04 bits per heavy atom. The number of benzene rings is 2. The maximum absolute atomic E-state index is 14.4. The molecule has 50 heavy (non-hydrogen) atoms. The molecule has 2 aromatic carbocycles. The van der Waals surface area contributed by atoms with Crippen LogP contribution >= 0.6 is 18.9 Å². The van der Waals surface area contributed by atoms with Crippen molar-refractivity contribution in [3.05, 3.63) is 70.6 Å². The van der Waals surface area contributed by atoms with E-state index in [1.165, 1.54) is 12.1 Å². The van der Waals surface area contributed by atoms with E-state index in [1.807, 2.05) is 30.3 Å². The van der Waals surface area contributed by atoms with Gasteiger partial charge in [0, 0.05) is 23.4 Å². The molecule has 0 bridgehead atoms. The Bertz CT molecular complexity index is 1750. The van der Waals surface area contributed by atoms with E-state index in [0.717, 1.165) is 61.5 Å². The van der Waals surface area contributed by atoms with Gasteiger partial charge < -0.3 is 34.5 Å². The minimum Gasteiger partial charge on any atom is -0.370 e. The zero-order valence-electron chi connectivity index (χ0n) is 27.9. The number of hydrogen-bond acceptors (Lipinski definition) is 7. The molecule has 3 N–H and O–H groups in total. The average Bonchev–Trinajstić information content (AvgIpc) is 3.79. The number of halogens is 2. The van der Waals surface area contributed by atoms with Gasteiger partial charge in [-0.05, 0) is 86.8 Å². The van der Waals surface area contributed by atoms with E-state index in [-0.39, 0.29) is 34.1 Å². The molecular weight excluding hydrogens is 689 g/mol. The lowest BCUT2D eigenvalue weighted by atomic mass is 9.89. The number of likely N-dealkylation sites (tertiary alicyclic amines) is 2. The molecule has 0 spiro atoms. The number of nitrogens with zero attached hydrogens (tertiary/aromatic N) is 3. The van der Waals surface area contributed by atoms with Gasteiger partial charge in [0.15, 0.2) is 0 Å². The van der Waals surface area contributed by atoms with Crippen LogP contribution in [-0.2, 0) is 24.6 Å². The third-order valence-corrected chi connectivity index (χ3v) is 12.3. The van der Waals surface area contributed by atoms with Crippen LogP contribution in [-0.4, -0.2) is 100 Å². The second-order valence-electron chi connectivity index (χ2n) is 13.3. The summed E-state index contributed by atoms with van der Waals surface area (Å²) in [6.45, 7) is 6.39. The summed E-state index contributed by atoms with van der Waals surface area (Å²) in [6, 6.07) is 12.8. The molecule has 3 amide bonds. The Kier molecular flexibility index (Phi) is 11.1. The molecule has 0 unspecified atom stereocenters. The summed E-state index contributed by atoms with van der Waals surface area (Å²) < 4.78 is 46.7. The number of ether oxygens (including phenoxy) is 1. The molecule has 270 valence electrons. The Morgan fingerprint density at radius 2 is 1.78 bits per heavy atom. The van der Waals surface area contributed by atoms with Gasteiger partial charge in [0.25, 0.3) is 5.91 Å². The maximum Gasteiger partial charge on any atom is 0.399 e. The summed E-state index contributed by atoms with van der Waals surface area (Å²) in [6.07, 6.45) is 3.04. The second kappa shape index (κ2) is 15.1. The van der Waals surface area contributed by atoms with Crippen molar-refractivity contribution in [3.8, 4) is 0 Å². The highest BCUT2D eigenvalue weighted by atomic mass is 32.1. The number of carbonyl (C=O) groups is 3. The third-order valence-electron chi connectivity index (χ3n) is 10.2. The summed E-state index contributed by atoms with van der Waals surface area (Å²) in [5, 5.41) is 3.16. The zero-order chi connectivity index (χ0) is 35.6. The van der Waals surface area contributed by atoms with E-state index in [4.69, 9.17) is 4.74 Å². The van der Waals surface area contributed by atoms with Crippen LogP contribution in [0.4, 0.5) is 8.78 Å². The van der Waals surface area contributed by atoms with Gasteiger partial charge in [-0.15, -0.1) is 11.3 Å². The number of carbonyl (C=O) groups excluding carboxylic acids is 3. The van der Waals surface area contributed by atoms with Crippen molar-refractivity contribution >= 4 is 46.7 Å². The van der Waals surface area contributed by atoms with Crippen molar-refractivity contribution < 1.29 is 42.3 Å². The smallest absolute Gasteiger partial charge is 0.370 e. The number of amides is 3. The van der Waals surface area contributed by atoms with Crippen LogP contribution < -0.4 is 5.32 Å². The van der Waals surface area contributed by atoms with Gasteiger partial charge in [-0.2, -0.15) is 8.78 Å². The second-order valence-corrected chi connectivity index (χ2v) is 16.1. The summed E-state index contributed by atoms with van der Waals surface area (Å²) in [5.74, 6) is -0.826. The summed E-state index contributed by atoms with van der Waals surface area (Å²) >= 11 is 1.03. The van der Waals surface area contributed by atoms with Crippen LogP contribution in [0.3, 0.4) is 0 Å². The van der Waals surface area contributed by atoms with Gasteiger partial charge >= 0.3 is 13.3 Å². The Balaban J connectivity index is 1.20. The SMILES string of the molecule is CCN1CCC(C[C@H](NC(=O)c2cc3cc(C(F)(F)P(=O)(O)O)ccc3s2)C(=O)N2CCC[C@H]2C(=O)N2CCO[C@H](c3ccccc3)C2)CC1. The lowest BCUT2D eigenvalue weighted by Crippen LogP contribution is -2.56. The zero-order valence-corrected chi connectivity index (χ0v) is 29.6. The van der Waals surface area contributed by atoms with E-state index in [9.17, 15) is 37.5 Å². The minimum atomic E-state index is -5.77. The highest BCUT2D eigenvalue weighted by molar-refractivity contribution is 7.52. The quantitative estimate of drug-likeness (QED) is 0.249. The van der Waals surface area contributed by atoms with E-state index in [2.05, 4.69) is 17.1 Å². The molecule has 3 aliphatic rings. The Labute approximate surface area is 293 Å². The maximum atomic E-state index is 14.4. The molecule has 0 aliphatic carbocycles. The number of alkyl halides is 2. The highest BCUT2D eigenvalue weighted by Gasteiger charge is 2.50. The van der Waals surface area contributed by atoms with Gasteiger partial charge in [-0.3, -0.25) is 18.9 Å². The molecule has 3 fully saturated rings. The molecule has 3 atom stereocenters. The summed E-state index contributed by atoms with van der Waals surface area (Å²) in [5.41, 5.74) is -4.26. The molecular formula is C35H43F2N4O7PS. The first-order valence-electron chi connectivity index (χ1n) is 17.1. The standard InChI is InChI=1S/C35H43F2N4O7PS/c1-2-39-15-12-23(13-16-39)19-27(38-32(42)31-21-25-20-26(10-11-30(25)50-31)35(36,37)49(45,46)47)33(43)41-14-6-9-28(41)34(44)40-17-18-48-29(22-40)24-7-4-3-5-8-24/h3-5,7-8,10-11,20-21,23,27-29H,2,6,9,12-19,22H2,1H3,(H,38,42)(H2,45,46,47)/t27-,28-,29-/m0/s1. The molecule has 3 aromatic rings. The molecule has 3 saturated heterocycles. The first kappa shape index (κ1) is 36.5. The van der Waals surface area contributed by atoms with Crippen LogP contribution in [0.2, 0.25) is 0 Å². The van der Waals surface area contributed by atoms with Crippen LogP contribution in [0.1, 0.15) is 65.9 Å². The highest BCUT2D eigenvalue weighted by Crippen LogP contribution is 2.59. The molecule has 3 aliphatic heterocycles. The van der Waals surface area contributed by atoms with E-state index in [0.29, 0.717) is 50.2 Å². The van der Waals surface area contributed by atoms with Crippen molar-refractivity contribution in [2.75, 3.05) is 45.9 Å². The monoisotopic (exact) mass is 732 g/mol. The Morgan fingerprint density at radius 3 is 2.48 bits per heavy atom. The fourth-order valence-corrected chi connectivity index (χ4v) is 8.67. The third kappa shape index (κ3) is 7.80. The number of hydrogen-bond donors (Lipinski definition) is 3. The summed E-state index contributed by atoms with van der Waals surface area (Å²) in [4.78, 5) is 66.3. The fraction of sp³-hybridized carbons (Fsp3) is 0.514. The lowest BCUT2D eigenvalue weighted by molar-refractivity contribution is -0.149. The first-order chi connectivity index (χ1) is 23.9. The van der Waals surface area contributed by atoms with Crippen molar-refractivity contribution in [1.82, 2.24) is 20.0 Å². The molecule has 11 nitrogen and oxygen atoms in total. The van der Waals surface area contributed by atoms with Crippen LogP contribution in [0, 0.1) is 5.92 Å². The van der Waals surface area contributed by atoms with E-state index in [1.54, 1.807) is 9.80 Å². The number of rotatable bonds is 10.